The number of sulfonamides is 1. The zero-order chi connectivity index (χ0) is 27.1. The highest BCUT2D eigenvalue weighted by Crippen LogP contribution is 2.67. The monoisotopic (exact) mass is 567 g/mol. The number of fused-ring (bicyclic) bond motifs is 1. The summed E-state index contributed by atoms with van der Waals surface area (Å²) < 4.78 is 56.8. The summed E-state index contributed by atoms with van der Waals surface area (Å²) in [6, 6.07) is 12.6. The molecule has 0 fully saturated rings. The maximum absolute atomic E-state index is 14.8. The fourth-order valence-corrected chi connectivity index (χ4v) is 8.47. The quantitative estimate of drug-likeness (QED) is 0.194. The molecule has 0 saturated heterocycles. The van der Waals surface area contributed by atoms with E-state index in [0.29, 0.717) is 12.8 Å². The molecule has 0 spiro atoms. The second kappa shape index (κ2) is 12.8. The van der Waals surface area contributed by atoms with Crippen LogP contribution in [0.5, 0.6) is 0 Å². The summed E-state index contributed by atoms with van der Waals surface area (Å²) >= 11 is 6.39. The van der Waals surface area contributed by atoms with Gasteiger partial charge in [-0.2, -0.15) is 4.72 Å². The van der Waals surface area contributed by atoms with Crippen molar-refractivity contribution in [3.05, 3.63) is 76.3 Å². The molecule has 0 saturated carbocycles. The first kappa shape index (κ1) is 29.8. The summed E-state index contributed by atoms with van der Waals surface area (Å²) in [7, 11) is -8.60. The van der Waals surface area contributed by atoms with Crippen LogP contribution in [0.4, 0.5) is 0 Å². The van der Waals surface area contributed by atoms with Gasteiger partial charge in [0.05, 0.1) is 23.1 Å². The number of unbranched alkanes of at least 4 members (excludes halogenated alkanes) is 4. The van der Waals surface area contributed by atoms with Gasteiger partial charge in [0.15, 0.2) is 5.28 Å². The predicted molar refractivity (Wildman–Crippen MR) is 146 cm³/mol. The van der Waals surface area contributed by atoms with E-state index in [1.165, 1.54) is 24.3 Å². The van der Waals surface area contributed by atoms with Crippen LogP contribution >= 0.6 is 19.2 Å². The van der Waals surface area contributed by atoms with Crippen molar-refractivity contribution in [1.82, 2.24) is 4.72 Å². The molecule has 0 aliphatic heterocycles. The Balaban J connectivity index is 2.21. The molecule has 37 heavy (non-hydrogen) atoms. The lowest BCUT2D eigenvalue weighted by Crippen LogP contribution is -2.47. The Labute approximate surface area is 225 Å². The Morgan fingerprint density at radius 2 is 1.49 bits per heavy atom. The van der Waals surface area contributed by atoms with E-state index >= 15 is 0 Å². The molecule has 2 aromatic rings. The zero-order valence-electron chi connectivity index (χ0n) is 21.5. The maximum Gasteiger partial charge on any atom is 0.360 e. The summed E-state index contributed by atoms with van der Waals surface area (Å²) in [4.78, 5) is 12.9. The minimum Gasteiger partial charge on any atom is -0.307 e. The highest BCUT2D eigenvalue weighted by atomic mass is 35.5. The molecule has 0 heterocycles. The summed E-state index contributed by atoms with van der Waals surface area (Å²) in [5, 5.41) is -2.31. The van der Waals surface area contributed by atoms with E-state index in [9.17, 15) is 17.8 Å². The van der Waals surface area contributed by atoms with Crippen LogP contribution in [-0.4, -0.2) is 27.4 Å². The lowest BCUT2D eigenvalue weighted by Gasteiger charge is -2.40. The molecule has 1 atom stereocenters. The fourth-order valence-electron chi connectivity index (χ4n) is 4.13. The molecular formula is C27H35ClNO6PS. The summed E-state index contributed by atoms with van der Waals surface area (Å²) in [5.74, 6) is -0.494. The van der Waals surface area contributed by atoms with Crippen molar-refractivity contribution in [2.45, 2.75) is 69.5 Å². The highest BCUT2D eigenvalue weighted by Gasteiger charge is 2.57. The van der Waals surface area contributed by atoms with Gasteiger partial charge in [-0.3, -0.25) is 9.36 Å². The van der Waals surface area contributed by atoms with Gasteiger partial charge in [-0.25, -0.2) is 8.42 Å². The van der Waals surface area contributed by atoms with E-state index in [1.807, 2.05) is 20.8 Å². The standard InChI is InChI=1S/C27H35ClNO6PS/c1-4-6-10-18-34-36(31,35-19-11-7-5-2)27(29-37(32,33)22-16-14-21(3)15-17-22)20-25(28)26(30)23-12-8-9-13-24(23)27/h8-9,12-17,20,29H,4-7,10-11,18-19H2,1-3H3/t27-/m1/s1. The Kier molecular flexibility index (Phi) is 10.3. The lowest BCUT2D eigenvalue weighted by molar-refractivity contribution is 0.103. The van der Waals surface area contributed by atoms with E-state index < -0.39 is 28.7 Å². The molecule has 0 aromatic heterocycles. The van der Waals surface area contributed by atoms with Gasteiger partial charge in [0.2, 0.25) is 15.8 Å². The van der Waals surface area contributed by atoms with Crippen LogP contribution in [0, 0.1) is 6.92 Å². The van der Waals surface area contributed by atoms with Gasteiger partial charge in [-0.1, -0.05) is 93.1 Å². The average Bonchev–Trinajstić information content (AvgIpc) is 2.88. The molecule has 202 valence electrons. The third kappa shape index (κ3) is 6.62. The predicted octanol–water partition coefficient (Wildman–Crippen LogP) is 7.05. The van der Waals surface area contributed by atoms with Crippen molar-refractivity contribution in [2.24, 2.45) is 0 Å². The van der Waals surface area contributed by atoms with E-state index in [4.69, 9.17) is 20.6 Å². The molecule has 3 rings (SSSR count). The number of rotatable bonds is 14. The number of benzene rings is 2. The number of carbonyl (C=O) groups excluding carboxylic acids is 1. The maximum atomic E-state index is 14.8. The molecule has 1 aliphatic rings. The number of nitrogens with one attached hydrogen (secondary N) is 1. The van der Waals surface area contributed by atoms with E-state index in [0.717, 1.165) is 31.2 Å². The first-order valence-electron chi connectivity index (χ1n) is 12.6. The Hall–Kier alpha value is -1.80. The second-order valence-electron chi connectivity index (χ2n) is 9.13. The molecule has 7 nitrogen and oxygen atoms in total. The Morgan fingerprint density at radius 1 is 0.919 bits per heavy atom. The van der Waals surface area contributed by atoms with Crippen molar-refractivity contribution in [1.29, 1.82) is 0 Å². The van der Waals surface area contributed by atoms with Crippen LogP contribution in [0.2, 0.25) is 0 Å². The molecule has 0 amide bonds. The topological polar surface area (TPSA) is 98.8 Å². The van der Waals surface area contributed by atoms with Gasteiger partial charge in [0.1, 0.15) is 0 Å². The number of hydrogen-bond acceptors (Lipinski definition) is 6. The van der Waals surface area contributed by atoms with E-state index in [-0.39, 0.29) is 34.3 Å². The largest absolute Gasteiger partial charge is 0.360 e. The molecule has 1 aliphatic carbocycles. The van der Waals surface area contributed by atoms with Gasteiger partial charge in [-0.05, 0) is 38.0 Å². The van der Waals surface area contributed by atoms with Crippen molar-refractivity contribution < 1.29 is 26.8 Å². The summed E-state index contributed by atoms with van der Waals surface area (Å²) in [6.07, 6.45) is 5.91. The van der Waals surface area contributed by atoms with E-state index in [1.54, 1.807) is 30.3 Å². The Morgan fingerprint density at radius 3 is 2.05 bits per heavy atom. The van der Waals surface area contributed by atoms with Crippen LogP contribution in [0.3, 0.4) is 0 Å². The van der Waals surface area contributed by atoms with Crippen LogP contribution < -0.4 is 4.72 Å². The summed E-state index contributed by atoms with van der Waals surface area (Å²) in [5.41, 5.74) is 1.19. The van der Waals surface area contributed by atoms with Gasteiger partial charge >= 0.3 is 7.60 Å². The molecule has 10 heteroatoms. The van der Waals surface area contributed by atoms with Gasteiger partial charge < -0.3 is 9.05 Å². The SMILES string of the molecule is CCCCCOP(=O)(OCCCCC)[C@]1(NS(=O)(=O)c2ccc(C)cc2)C=C(Cl)C(=O)c2ccccc21. The molecule has 2 aromatic carbocycles. The number of ketones is 1. The highest BCUT2D eigenvalue weighted by molar-refractivity contribution is 7.90. The first-order chi connectivity index (χ1) is 17.6. The van der Waals surface area contributed by atoms with Crippen LogP contribution in [-0.2, 0) is 28.9 Å². The number of halogens is 1. The molecule has 1 N–H and O–H groups in total. The fraction of sp³-hybridized carbons (Fsp3) is 0.444. The zero-order valence-corrected chi connectivity index (χ0v) is 24.0. The van der Waals surface area contributed by atoms with Crippen molar-refractivity contribution >= 4 is 35.0 Å². The Bertz CT molecular complexity index is 1260. The first-order valence-corrected chi connectivity index (χ1v) is 16.0. The molecule has 0 radical (unpaired) electrons. The summed E-state index contributed by atoms with van der Waals surface area (Å²) in [6.45, 7) is 6.09. The molecule has 0 unspecified atom stereocenters. The third-order valence-electron chi connectivity index (χ3n) is 6.21. The van der Waals surface area contributed by atoms with Crippen LogP contribution in [0.15, 0.2) is 64.5 Å². The minimum absolute atomic E-state index is 0.0279. The normalized spacial score (nSPS) is 17.9. The van der Waals surface area contributed by atoms with Crippen LogP contribution in [0.1, 0.15) is 73.9 Å². The second-order valence-corrected chi connectivity index (χ2v) is 13.4. The van der Waals surface area contributed by atoms with Crippen molar-refractivity contribution in [2.75, 3.05) is 13.2 Å². The number of hydrogen-bond donors (Lipinski definition) is 1. The average molecular weight is 568 g/mol. The third-order valence-corrected chi connectivity index (χ3v) is 10.5. The minimum atomic E-state index is -4.33. The smallest absolute Gasteiger partial charge is 0.307 e. The number of aryl methyl sites for hydroxylation is 1. The van der Waals surface area contributed by atoms with Gasteiger partial charge in [0, 0.05) is 11.1 Å². The molecular weight excluding hydrogens is 533 g/mol. The van der Waals surface area contributed by atoms with E-state index in [2.05, 4.69) is 4.72 Å². The van der Waals surface area contributed by atoms with Crippen molar-refractivity contribution in [3.8, 4) is 0 Å². The van der Waals surface area contributed by atoms with Gasteiger partial charge in [-0.15, -0.1) is 0 Å². The van der Waals surface area contributed by atoms with Crippen LogP contribution in [0.25, 0.3) is 0 Å². The number of allylic oxidation sites excluding steroid dienone is 1. The number of Topliss-reactive ketones (excluding diaryl/α,β-unsaturated/α-hetero) is 1. The van der Waals surface area contributed by atoms with Crippen molar-refractivity contribution in [3.63, 3.8) is 0 Å². The van der Waals surface area contributed by atoms with Gasteiger partial charge in [0.25, 0.3) is 0 Å². The molecule has 0 bridgehead atoms. The lowest BCUT2D eigenvalue weighted by atomic mass is 9.92. The number of carbonyl (C=O) groups is 1.